The standard InChI is InChI=1S/C14H25N3OS/c1-14(2,3)13-5-4-12(19-13)11(10-15)16-17-6-8-18-9-7-17/h4-5,11,16H,6-10,15H2,1-3H3. The number of nitrogens with zero attached hydrogens (tertiary/aromatic N) is 1. The molecule has 0 spiro atoms. The number of hydrazine groups is 1. The van der Waals surface area contributed by atoms with Gasteiger partial charge in [-0.2, -0.15) is 0 Å². The molecule has 0 radical (unpaired) electrons. The van der Waals surface area contributed by atoms with Crippen molar-refractivity contribution < 1.29 is 4.74 Å². The average Bonchev–Trinajstić information content (AvgIpc) is 2.86. The zero-order valence-electron chi connectivity index (χ0n) is 12.1. The second-order valence-corrected chi connectivity index (χ2v) is 7.08. The Morgan fingerprint density at radius 3 is 2.58 bits per heavy atom. The van der Waals surface area contributed by atoms with Gasteiger partial charge in [0.2, 0.25) is 0 Å². The lowest BCUT2D eigenvalue weighted by molar-refractivity contribution is 0.00433. The number of ether oxygens (including phenoxy) is 1. The predicted molar refractivity (Wildman–Crippen MR) is 80.3 cm³/mol. The lowest BCUT2D eigenvalue weighted by Gasteiger charge is -2.31. The van der Waals surface area contributed by atoms with E-state index < -0.39 is 0 Å². The number of morpholine rings is 1. The van der Waals surface area contributed by atoms with Crippen LogP contribution in [0.25, 0.3) is 0 Å². The Morgan fingerprint density at radius 1 is 1.37 bits per heavy atom. The molecule has 108 valence electrons. The van der Waals surface area contributed by atoms with E-state index in [1.54, 1.807) is 0 Å². The van der Waals surface area contributed by atoms with E-state index in [0.29, 0.717) is 6.54 Å². The third kappa shape index (κ3) is 4.00. The zero-order valence-corrected chi connectivity index (χ0v) is 12.9. The van der Waals surface area contributed by atoms with Gasteiger partial charge in [0.05, 0.1) is 19.3 Å². The maximum Gasteiger partial charge on any atom is 0.0680 e. The van der Waals surface area contributed by atoms with Crippen molar-refractivity contribution >= 4 is 11.3 Å². The van der Waals surface area contributed by atoms with Gasteiger partial charge in [-0.3, -0.25) is 0 Å². The second-order valence-electron chi connectivity index (χ2n) is 5.97. The molecule has 1 saturated heterocycles. The van der Waals surface area contributed by atoms with Crippen LogP contribution < -0.4 is 11.2 Å². The van der Waals surface area contributed by atoms with Crippen molar-refractivity contribution in [3.63, 3.8) is 0 Å². The van der Waals surface area contributed by atoms with Crippen molar-refractivity contribution in [3.05, 3.63) is 21.9 Å². The molecule has 0 saturated carbocycles. The summed E-state index contributed by atoms with van der Waals surface area (Å²) in [5, 5.41) is 2.22. The first-order valence-electron chi connectivity index (χ1n) is 6.90. The van der Waals surface area contributed by atoms with Crippen molar-refractivity contribution in [2.75, 3.05) is 32.8 Å². The van der Waals surface area contributed by atoms with E-state index in [0.717, 1.165) is 26.3 Å². The van der Waals surface area contributed by atoms with Gasteiger partial charge in [-0.25, -0.2) is 10.4 Å². The number of rotatable bonds is 4. The minimum Gasteiger partial charge on any atom is -0.379 e. The summed E-state index contributed by atoms with van der Waals surface area (Å²) in [6.07, 6.45) is 0. The first-order chi connectivity index (χ1) is 9.00. The zero-order chi connectivity index (χ0) is 13.9. The molecule has 2 rings (SSSR count). The number of nitrogens with two attached hydrogens (primary N) is 1. The summed E-state index contributed by atoms with van der Waals surface area (Å²) >= 11 is 1.86. The Morgan fingerprint density at radius 2 is 2.05 bits per heavy atom. The van der Waals surface area contributed by atoms with Gasteiger partial charge in [0, 0.05) is 29.4 Å². The summed E-state index contributed by atoms with van der Waals surface area (Å²) in [5.41, 5.74) is 9.66. The monoisotopic (exact) mass is 283 g/mol. The molecule has 2 heterocycles. The molecule has 1 aliphatic heterocycles. The fourth-order valence-electron chi connectivity index (χ4n) is 2.09. The average molecular weight is 283 g/mol. The van der Waals surface area contributed by atoms with E-state index in [2.05, 4.69) is 43.3 Å². The van der Waals surface area contributed by atoms with Crippen molar-refractivity contribution in [2.45, 2.75) is 32.2 Å². The van der Waals surface area contributed by atoms with Crippen LogP contribution in [-0.4, -0.2) is 37.9 Å². The highest BCUT2D eigenvalue weighted by atomic mass is 32.1. The topological polar surface area (TPSA) is 50.5 Å². The third-order valence-corrected chi connectivity index (χ3v) is 4.92. The molecule has 1 aromatic rings. The molecule has 1 aliphatic rings. The third-order valence-electron chi connectivity index (χ3n) is 3.29. The molecule has 0 bridgehead atoms. The van der Waals surface area contributed by atoms with Crippen LogP contribution in [-0.2, 0) is 10.2 Å². The second kappa shape index (κ2) is 6.33. The van der Waals surface area contributed by atoms with Crippen LogP contribution in [0.4, 0.5) is 0 Å². The number of hydrogen-bond donors (Lipinski definition) is 2. The summed E-state index contributed by atoms with van der Waals surface area (Å²) < 4.78 is 5.36. The van der Waals surface area contributed by atoms with Crippen LogP contribution in [0.2, 0.25) is 0 Å². The molecule has 1 unspecified atom stereocenters. The van der Waals surface area contributed by atoms with Gasteiger partial charge in [0.15, 0.2) is 0 Å². The van der Waals surface area contributed by atoms with Crippen LogP contribution in [0.1, 0.15) is 36.6 Å². The van der Waals surface area contributed by atoms with Crippen LogP contribution in [0.5, 0.6) is 0 Å². The minimum atomic E-state index is 0.208. The van der Waals surface area contributed by atoms with E-state index in [9.17, 15) is 0 Å². The number of hydrogen-bond acceptors (Lipinski definition) is 5. The maximum absolute atomic E-state index is 5.93. The highest BCUT2D eigenvalue weighted by Crippen LogP contribution is 2.32. The predicted octanol–water partition coefficient (Wildman–Crippen LogP) is 1.88. The highest BCUT2D eigenvalue weighted by Gasteiger charge is 2.21. The first kappa shape index (κ1) is 14.9. The van der Waals surface area contributed by atoms with Gasteiger partial charge >= 0.3 is 0 Å². The summed E-state index contributed by atoms with van der Waals surface area (Å²) in [5.74, 6) is 0. The SMILES string of the molecule is CC(C)(C)c1ccc(C(CN)NN2CCOCC2)s1. The van der Waals surface area contributed by atoms with Crippen molar-refractivity contribution in [1.29, 1.82) is 0 Å². The number of nitrogens with one attached hydrogen (secondary N) is 1. The maximum atomic E-state index is 5.93. The van der Waals surface area contributed by atoms with Crippen molar-refractivity contribution in [3.8, 4) is 0 Å². The van der Waals surface area contributed by atoms with Gasteiger partial charge in [-0.15, -0.1) is 11.3 Å². The summed E-state index contributed by atoms with van der Waals surface area (Å²) in [6, 6.07) is 4.64. The fraction of sp³-hybridized carbons (Fsp3) is 0.714. The Hall–Kier alpha value is -0.460. The van der Waals surface area contributed by atoms with Gasteiger partial charge in [0.25, 0.3) is 0 Å². The largest absolute Gasteiger partial charge is 0.379 e. The van der Waals surface area contributed by atoms with Gasteiger partial charge in [-0.05, 0) is 17.5 Å². The Bertz CT molecular complexity index is 394. The highest BCUT2D eigenvalue weighted by molar-refractivity contribution is 7.12. The van der Waals surface area contributed by atoms with Crippen molar-refractivity contribution in [2.24, 2.45) is 5.73 Å². The molecule has 1 atom stereocenters. The summed E-state index contributed by atoms with van der Waals surface area (Å²) in [4.78, 5) is 2.73. The van der Waals surface area contributed by atoms with Crippen molar-refractivity contribution in [1.82, 2.24) is 10.4 Å². The molecule has 0 aromatic carbocycles. The van der Waals surface area contributed by atoms with E-state index in [-0.39, 0.29) is 11.5 Å². The molecule has 1 fully saturated rings. The molecule has 0 aliphatic carbocycles. The van der Waals surface area contributed by atoms with E-state index in [1.807, 2.05) is 11.3 Å². The lowest BCUT2D eigenvalue weighted by Crippen LogP contribution is -2.48. The quantitative estimate of drug-likeness (QED) is 0.886. The summed E-state index contributed by atoms with van der Waals surface area (Å²) in [6.45, 7) is 10.8. The Labute approximate surface area is 119 Å². The first-order valence-corrected chi connectivity index (χ1v) is 7.71. The molecule has 4 nitrogen and oxygen atoms in total. The smallest absolute Gasteiger partial charge is 0.0680 e. The van der Waals surface area contributed by atoms with E-state index in [1.165, 1.54) is 9.75 Å². The Kier molecular flexibility index (Phi) is 4.97. The molecule has 19 heavy (non-hydrogen) atoms. The molecule has 0 amide bonds. The lowest BCUT2D eigenvalue weighted by atomic mass is 9.95. The fourth-order valence-corrected chi connectivity index (χ4v) is 3.21. The molecule has 5 heteroatoms. The van der Waals surface area contributed by atoms with Gasteiger partial charge in [0.1, 0.15) is 0 Å². The van der Waals surface area contributed by atoms with Crippen LogP contribution in [0.3, 0.4) is 0 Å². The van der Waals surface area contributed by atoms with Gasteiger partial charge in [-0.1, -0.05) is 20.8 Å². The molecule has 1 aromatic heterocycles. The van der Waals surface area contributed by atoms with E-state index >= 15 is 0 Å². The molecule has 3 N–H and O–H groups in total. The van der Waals surface area contributed by atoms with Crippen LogP contribution in [0, 0.1) is 0 Å². The van der Waals surface area contributed by atoms with E-state index in [4.69, 9.17) is 10.5 Å². The number of thiophene rings is 1. The molecular formula is C14H25N3OS. The molecular weight excluding hydrogens is 258 g/mol. The Balaban J connectivity index is 2.02. The van der Waals surface area contributed by atoms with Gasteiger partial charge < -0.3 is 10.5 Å². The minimum absolute atomic E-state index is 0.208. The summed E-state index contributed by atoms with van der Waals surface area (Å²) in [7, 11) is 0. The van der Waals surface area contributed by atoms with Crippen LogP contribution in [0.15, 0.2) is 12.1 Å². The van der Waals surface area contributed by atoms with Crippen LogP contribution >= 0.6 is 11.3 Å². The normalized spacial score (nSPS) is 19.6.